The van der Waals surface area contributed by atoms with Crippen molar-refractivity contribution in [2.24, 2.45) is 14.1 Å². The second-order valence-electron chi connectivity index (χ2n) is 4.38. The molecule has 1 aromatic carbocycles. The molecule has 0 aliphatic rings. The maximum atomic E-state index is 11.8. The highest BCUT2D eigenvalue weighted by atomic mass is 35.5. The van der Waals surface area contributed by atoms with Gasteiger partial charge >= 0.3 is 17.1 Å². The summed E-state index contributed by atoms with van der Waals surface area (Å²) in [6, 6.07) is 2.95. The van der Waals surface area contributed by atoms with Gasteiger partial charge in [-0.3, -0.25) is 9.59 Å². The molecular formula is C13H16ClN3O4. The molecule has 0 fully saturated rings. The number of fused-ring (bicyclic) bond motifs is 1. The minimum Gasteiger partial charge on any atom is -0.462 e. The first-order chi connectivity index (χ1) is 9.38. The lowest BCUT2D eigenvalue weighted by atomic mass is 10.1. The zero-order chi connectivity index (χ0) is 15.0. The van der Waals surface area contributed by atoms with Gasteiger partial charge in [-0.1, -0.05) is 0 Å². The van der Waals surface area contributed by atoms with E-state index < -0.39 is 17.1 Å². The number of nitrogens with zero attached hydrogens (tertiary/aromatic N) is 2. The first-order valence-electron chi connectivity index (χ1n) is 6.04. The van der Waals surface area contributed by atoms with Crippen molar-refractivity contribution in [2.75, 3.05) is 12.3 Å². The molecule has 0 spiro atoms. The number of rotatable bonds is 2. The van der Waals surface area contributed by atoms with Crippen LogP contribution in [0.2, 0.25) is 0 Å². The lowest BCUT2D eigenvalue weighted by molar-refractivity contribution is 0.0528. The Morgan fingerprint density at radius 3 is 2.10 bits per heavy atom. The van der Waals surface area contributed by atoms with Crippen molar-refractivity contribution >= 4 is 35.1 Å². The van der Waals surface area contributed by atoms with Gasteiger partial charge in [0.2, 0.25) is 0 Å². The van der Waals surface area contributed by atoms with Crippen molar-refractivity contribution in [3.05, 3.63) is 38.4 Å². The Bertz CT molecular complexity index is 823. The number of hydrogen-bond donors (Lipinski definition) is 1. The first-order valence-corrected chi connectivity index (χ1v) is 6.04. The van der Waals surface area contributed by atoms with Gasteiger partial charge in [-0.25, -0.2) is 4.79 Å². The fraction of sp³-hybridized carbons (Fsp3) is 0.308. The molecule has 0 radical (unpaired) electrons. The van der Waals surface area contributed by atoms with Gasteiger partial charge in [0.05, 0.1) is 23.2 Å². The van der Waals surface area contributed by atoms with E-state index in [4.69, 9.17) is 10.5 Å². The van der Waals surface area contributed by atoms with Crippen molar-refractivity contribution in [1.82, 2.24) is 9.13 Å². The van der Waals surface area contributed by atoms with Crippen LogP contribution >= 0.6 is 12.4 Å². The molecule has 2 N–H and O–H groups in total. The summed E-state index contributed by atoms with van der Waals surface area (Å²) in [6.07, 6.45) is 0. The standard InChI is InChI=1S/C13H15N3O4.ClH/c1-4-20-13(19)7-5-9-10(6-8(7)14)16(3)12(18)11(17)15(9)2;/h5-6H,4,14H2,1-3H3;1H. The molecule has 0 aliphatic heterocycles. The van der Waals surface area contributed by atoms with Crippen LogP contribution in [0.25, 0.3) is 11.0 Å². The number of carbonyl (C=O) groups is 1. The van der Waals surface area contributed by atoms with E-state index in [0.29, 0.717) is 11.0 Å². The van der Waals surface area contributed by atoms with Crippen LogP contribution in [0.5, 0.6) is 0 Å². The van der Waals surface area contributed by atoms with Gasteiger partial charge in [-0.05, 0) is 19.1 Å². The quantitative estimate of drug-likeness (QED) is 0.492. The Morgan fingerprint density at radius 2 is 1.62 bits per heavy atom. The normalized spacial score (nSPS) is 10.2. The Labute approximate surface area is 126 Å². The highest BCUT2D eigenvalue weighted by molar-refractivity contribution is 5.99. The number of ether oxygens (including phenoxy) is 1. The highest BCUT2D eigenvalue weighted by Crippen LogP contribution is 2.20. The van der Waals surface area contributed by atoms with Crippen LogP contribution in [0.3, 0.4) is 0 Å². The summed E-state index contributed by atoms with van der Waals surface area (Å²) < 4.78 is 7.31. The van der Waals surface area contributed by atoms with Gasteiger partial charge in [0.25, 0.3) is 0 Å². The van der Waals surface area contributed by atoms with Gasteiger partial charge < -0.3 is 19.6 Å². The molecule has 0 saturated carbocycles. The number of anilines is 1. The summed E-state index contributed by atoms with van der Waals surface area (Å²) in [5.41, 5.74) is 5.79. The summed E-state index contributed by atoms with van der Waals surface area (Å²) in [5.74, 6) is -0.562. The summed E-state index contributed by atoms with van der Waals surface area (Å²) in [4.78, 5) is 35.3. The van der Waals surface area contributed by atoms with Gasteiger partial charge in [-0.15, -0.1) is 12.4 Å². The molecule has 0 bridgehead atoms. The molecular weight excluding hydrogens is 298 g/mol. The maximum absolute atomic E-state index is 11.8. The summed E-state index contributed by atoms with van der Waals surface area (Å²) in [5, 5.41) is 0. The van der Waals surface area contributed by atoms with Gasteiger partial charge in [-0.2, -0.15) is 0 Å². The number of benzene rings is 1. The van der Waals surface area contributed by atoms with Gasteiger partial charge in [0, 0.05) is 19.8 Å². The van der Waals surface area contributed by atoms with Crippen molar-refractivity contribution in [2.45, 2.75) is 6.92 Å². The number of aryl methyl sites for hydroxylation is 2. The lowest BCUT2D eigenvalue weighted by Gasteiger charge is -2.12. The average molecular weight is 314 g/mol. The Hall–Kier alpha value is -2.28. The van der Waals surface area contributed by atoms with Crippen molar-refractivity contribution in [3.63, 3.8) is 0 Å². The minimum atomic E-state index is -0.667. The van der Waals surface area contributed by atoms with E-state index in [1.165, 1.54) is 35.4 Å². The number of carbonyl (C=O) groups excluding carboxylic acids is 1. The van der Waals surface area contributed by atoms with E-state index in [2.05, 4.69) is 0 Å². The number of hydrogen-bond acceptors (Lipinski definition) is 5. The van der Waals surface area contributed by atoms with Crippen LogP contribution in [-0.4, -0.2) is 21.7 Å². The van der Waals surface area contributed by atoms with Crippen LogP contribution in [0, 0.1) is 0 Å². The Kier molecular flexibility index (Phi) is 4.80. The topological polar surface area (TPSA) is 96.3 Å². The van der Waals surface area contributed by atoms with E-state index in [-0.39, 0.29) is 30.3 Å². The monoisotopic (exact) mass is 313 g/mol. The van der Waals surface area contributed by atoms with Crippen LogP contribution in [0.15, 0.2) is 21.7 Å². The zero-order valence-electron chi connectivity index (χ0n) is 11.9. The van der Waals surface area contributed by atoms with Crippen molar-refractivity contribution < 1.29 is 9.53 Å². The molecule has 1 aromatic heterocycles. The number of nitrogen functional groups attached to an aromatic ring is 1. The second kappa shape index (κ2) is 6.01. The Balaban J connectivity index is 0.00000220. The summed E-state index contributed by atoms with van der Waals surface area (Å²) in [6.45, 7) is 1.91. The number of halogens is 1. The summed E-state index contributed by atoms with van der Waals surface area (Å²) in [7, 11) is 2.95. The van der Waals surface area contributed by atoms with Crippen LogP contribution in [0.1, 0.15) is 17.3 Å². The van der Waals surface area contributed by atoms with Crippen LogP contribution in [-0.2, 0) is 18.8 Å². The van der Waals surface area contributed by atoms with Crippen molar-refractivity contribution in [3.8, 4) is 0 Å². The molecule has 2 rings (SSSR count). The lowest BCUT2D eigenvalue weighted by Crippen LogP contribution is -2.39. The zero-order valence-corrected chi connectivity index (χ0v) is 12.7. The fourth-order valence-electron chi connectivity index (χ4n) is 2.02. The molecule has 0 unspecified atom stereocenters. The first kappa shape index (κ1) is 16.8. The predicted octanol–water partition coefficient (Wildman–Crippen LogP) is 0.418. The number of nitrogens with two attached hydrogens (primary N) is 1. The van der Waals surface area contributed by atoms with E-state index >= 15 is 0 Å². The minimum absolute atomic E-state index is 0. The Morgan fingerprint density at radius 1 is 1.14 bits per heavy atom. The third-order valence-corrected chi connectivity index (χ3v) is 3.16. The fourth-order valence-corrected chi connectivity index (χ4v) is 2.02. The van der Waals surface area contributed by atoms with Gasteiger partial charge in [0.15, 0.2) is 0 Å². The highest BCUT2D eigenvalue weighted by Gasteiger charge is 2.16. The molecule has 8 heteroatoms. The molecule has 0 amide bonds. The number of esters is 1. The SMILES string of the molecule is CCOC(=O)c1cc2c(cc1N)n(C)c(=O)c(=O)n2C.Cl. The van der Waals surface area contributed by atoms with E-state index in [9.17, 15) is 14.4 Å². The van der Waals surface area contributed by atoms with Crippen molar-refractivity contribution in [1.29, 1.82) is 0 Å². The molecule has 1 heterocycles. The molecule has 0 atom stereocenters. The molecule has 0 saturated heterocycles. The largest absolute Gasteiger partial charge is 0.462 e. The van der Waals surface area contributed by atoms with Gasteiger partial charge in [0.1, 0.15) is 0 Å². The van der Waals surface area contributed by atoms with E-state index in [1.807, 2.05) is 0 Å². The van der Waals surface area contributed by atoms with Crippen LogP contribution < -0.4 is 16.9 Å². The second-order valence-corrected chi connectivity index (χ2v) is 4.38. The van der Waals surface area contributed by atoms with E-state index in [1.54, 1.807) is 6.92 Å². The third kappa shape index (κ3) is 2.64. The average Bonchev–Trinajstić information content (AvgIpc) is 2.42. The summed E-state index contributed by atoms with van der Waals surface area (Å²) >= 11 is 0. The van der Waals surface area contributed by atoms with E-state index in [0.717, 1.165) is 0 Å². The molecule has 7 nitrogen and oxygen atoms in total. The predicted molar refractivity (Wildman–Crippen MR) is 82.0 cm³/mol. The molecule has 21 heavy (non-hydrogen) atoms. The molecule has 2 aromatic rings. The molecule has 114 valence electrons. The number of aromatic nitrogens is 2. The smallest absolute Gasteiger partial charge is 0.340 e. The third-order valence-electron chi connectivity index (χ3n) is 3.16. The molecule has 0 aliphatic carbocycles. The maximum Gasteiger partial charge on any atom is 0.340 e. The van der Waals surface area contributed by atoms with Crippen LogP contribution in [0.4, 0.5) is 5.69 Å².